The second-order valence-corrected chi connectivity index (χ2v) is 25.6. The summed E-state index contributed by atoms with van der Waals surface area (Å²) in [6.07, 6.45) is 21.5. The highest BCUT2D eigenvalue weighted by atomic mass is 28.4. The van der Waals surface area contributed by atoms with Crippen LogP contribution in [0.5, 0.6) is 0 Å². The van der Waals surface area contributed by atoms with E-state index in [1.54, 1.807) is 0 Å². The van der Waals surface area contributed by atoms with Crippen LogP contribution in [-0.2, 0) is 23.1 Å². The van der Waals surface area contributed by atoms with Gasteiger partial charge in [-0.15, -0.1) is 0 Å². The van der Waals surface area contributed by atoms with E-state index in [-0.39, 0.29) is 27.7 Å². The molecule has 0 aromatic rings. The maximum absolute atomic E-state index is 6.70. The van der Waals surface area contributed by atoms with Crippen LogP contribution in [0.2, 0.25) is 36.3 Å². The molecule has 3 fully saturated rings. The molecule has 3 heterocycles. The van der Waals surface area contributed by atoms with Crippen molar-refractivity contribution in [2.45, 2.75) is 148 Å². The Bertz CT molecular complexity index is 1170. The van der Waals surface area contributed by atoms with E-state index in [0.29, 0.717) is 26.2 Å². The molecule has 258 valence electrons. The lowest BCUT2D eigenvalue weighted by Gasteiger charge is -2.50. The van der Waals surface area contributed by atoms with Gasteiger partial charge in [-0.2, -0.15) is 0 Å². The number of hydrogen-bond donors (Lipinski definition) is 0. The Labute approximate surface area is 284 Å². The van der Waals surface area contributed by atoms with E-state index in [1.807, 2.05) is 12.2 Å². The molecule has 46 heavy (non-hydrogen) atoms. The zero-order valence-corrected chi connectivity index (χ0v) is 33.2. The largest absolute Gasteiger partial charge is 0.403 e. The van der Waals surface area contributed by atoms with E-state index >= 15 is 0 Å². The molecule has 0 saturated carbocycles. The van der Waals surface area contributed by atoms with Gasteiger partial charge in [0, 0.05) is 24.7 Å². The van der Waals surface area contributed by atoms with Crippen molar-refractivity contribution in [2.24, 2.45) is 5.41 Å². The second kappa shape index (κ2) is 17.6. The van der Waals surface area contributed by atoms with Gasteiger partial charge in [-0.3, -0.25) is 0 Å². The van der Waals surface area contributed by atoms with Crippen molar-refractivity contribution >= 4 is 16.6 Å². The van der Waals surface area contributed by atoms with Crippen molar-refractivity contribution in [1.29, 1.82) is 0 Å². The zero-order chi connectivity index (χ0) is 34.5. The highest BCUT2D eigenvalue weighted by molar-refractivity contribution is 6.74. The van der Waals surface area contributed by atoms with Crippen LogP contribution in [0.15, 0.2) is 48.6 Å². The summed E-state index contributed by atoms with van der Waals surface area (Å²) in [6.45, 7) is 29.1. The van der Waals surface area contributed by atoms with Crippen molar-refractivity contribution in [3.63, 3.8) is 0 Å². The first-order chi connectivity index (χ1) is 21.3. The maximum Gasteiger partial charge on any atom is 0.283 e. The van der Waals surface area contributed by atoms with Crippen LogP contribution in [0.1, 0.15) is 93.9 Å². The molecule has 3 aliphatic heterocycles. The third kappa shape index (κ3) is 13.4. The summed E-state index contributed by atoms with van der Waals surface area (Å²) >= 11 is 0. The Morgan fingerprint density at radius 2 is 1.13 bits per heavy atom. The number of allylic oxidation sites excluding steroid dienone is 6. The molecule has 7 heteroatoms. The van der Waals surface area contributed by atoms with Crippen LogP contribution in [-0.4, -0.2) is 54.6 Å². The van der Waals surface area contributed by atoms with Gasteiger partial charge in [0.15, 0.2) is 16.6 Å². The fourth-order valence-electron chi connectivity index (χ4n) is 4.28. The summed E-state index contributed by atoms with van der Waals surface area (Å²) in [5.74, 6) is 12.2. The van der Waals surface area contributed by atoms with Crippen molar-refractivity contribution in [3.05, 3.63) is 48.6 Å². The number of fused-ring (bicyclic) bond motifs is 3. The lowest BCUT2D eigenvalue weighted by Crippen LogP contribution is -2.58. The first-order valence-electron chi connectivity index (χ1n) is 17.2. The van der Waals surface area contributed by atoms with Gasteiger partial charge in [0.05, 0.1) is 19.8 Å². The molecule has 5 nitrogen and oxygen atoms in total. The first kappa shape index (κ1) is 40.5. The van der Waals surface area contributed by atoms with E-state index in [1.165, 1.54) is 0 Å². The van der Waals surface area contributed by atoms with Gasteiger partial charge >= 0.3 is 0 Å². The average molecular weight is 669 g/mol. The minimum Gasteiger partial charge on any atom is -0.403 e. The fourth-order valence-corrected chi connectivity index (χ4v) is 6.72. The van der Waals surface area contributed by atoms with E-state index < -0.39 is 22.6 Å². The van der Waals surface area contributed by atoms with Gasteiger partial charge in [-0.05, 0) is 67.7 Å². The lowest BCUT2D eigenvalue weighted by atomic mass is 9.91. The Morgan fingerprint density at radius 3 is 1.57 bits per heavy atom. The summed E-state index contributed by atoms with van der Waals surface area (Å²) in [4.78, 5) is 0. The highest BCUT2D eigenvalue weighted by Gasteiger charge is 2.49. The van der Waals surface area contributed by atoms with Gasteiger partial charge < -0.3 is 23.1 Å². The molecule has 3 rings (SSSR count). The second-order valence-electron chi connectivity index (χ2n) is 16.1. The molecule has 0 aliphatic carbocycles. The molecule has 2 atom stereocenters. The smallest absolute Gasteiger partial charge is 0.283 e. The zero-order valence-electron chi connectivity index (χ0n) is 31.2. The molecular formula is C39H64O5Si2. The summed E-state index contributed by atoms with van der Waals surface area (Å²) in [5, 5.41) is 0.248. The molecule has 0 N–H and O–H groups in total. The molecule has 3 aliphatic rings. The van der Waals surface area contributed by atoms with Gasteiger partial charge in [-0.1, -0.05) is 116 Å². The van der Waals surface area contributed by atoms with Crippen LogP contribution in [0.4, 0.5) is 0 Å². The maximum atomic E-state index is 6.70. The number of ether oxygens (including phenoxy) is 3. The van der Waals surface area contributed by atoms with E-state index in [4.69, 9.17) is 23.1 Å². The predicted molar refractivity (Wildman–Crippen MR) is 198 cm³/mol. The molecule has 0 spiro atoms. The van der Waals surface area contributed by atoms with Gasteiger partial charge in [0.1, 0.15) is 12.2 Å². The topological polar surface area (TPSA) is 46.2 Å². The molecule has 0 aromatic heterocycles. The normalized spacial score (nSPS) is 24.0. The standard InChI is InChI=1S/C39H64O5Si2/c1-13-14-21-26-34(43-45(9,10)36(2,3)4)28-23-18-19-24-29-35(44-46(11,12)37(5,6)7)27-22-17-15-16-20-25-30-39-40-31-38(8,32-41-39)33-42-39/h14,16-22,34-35H,13,15,25-27,30-33H2,1-12H3/b19-18-,20-16-,21-14-,22-17-/t34-,35?,38?,39?/m0/s1. The summed E-state index contributed by atoms with van der Waals surface area (Å²) in [6, 6.07) is 0. The van der Waals surface area contributed by atoms with Crippen LogP contribution in [0.25, 0.3) is 0 Å². The van der Waals surface area contributed by atoms with Crippen LogP contribution in [0, 0.1) is 29.1 Å². The number of rotatable bonds is 14. The van der Waals surface area contributed by atoms with Crippen LogP contribution < -0.4 is 0 Å². The Kier molecular flexibility index (Phi) is 15.5. The number of hydrogen-bond acceptors (Lipinski definition) is 5. The van der Waals surface area contributed by atoms with Crippen molar-refractivity contribution < 1.29 is 23.1 Å². The fraction of sp³-hybridized carbons (Fsp3) is 0.692. The summed E-state index contributed by atoms with van der Waals surface area (Å²) < 4.78 is 30.9. The Morgan fingerprint density at radius 1 is 0.696 bits per heavy atom. The minimum absolute atomic E-state index is 0.00149. The van der Waals surface area contributed by atoms with Crippen molar-refractivity contribution in [2.75, 3.05) is 19.8 Å². The van der Waals surface area contributed by atoms with Crippen molar-refractivity contribution in [3.8, 4) is 23.7 Å². The summed E-state index contributed by atoms with van der Waals surface area (Å²) in [5.41, 5.74) is -0.00149. The molecule has 0 radical (unpaired) electrons. The van der Waals surface area contributed by atoms with E-state index in [9.17, 15) is 0 Å². The third-order valence-corrected chi connectivity index (χ3v) is 18.4. The monoisotopic (exact) mass is 668 g/mol. The average Bonchev–Trinajstić information content (AvgIpc) is 2.95. The highest BCUT2D eigenvalue weighted by Crippen LogP contribution is 2.41. The summed E-state index contributed by atoms with van der Waals surface area (Å²) in [7, 11) is -3.91. The molecule has 1 unspecified atom stereocenters. The third-order valence-electron chi connectivity index (χ3n) is 9.47. The molecule has 3 saturated heterocycles. The first-order valence-corrected chi connectivity index (χ1v) is 23.0. The van der Waals surface area contributed by atoms with Crippen molar-refractivity contribution in [1.82, 2.24) is 0 Å². The minimum atomic E-state index is -1.98. The Balaban J connectivity index is 1.98. The molecule has 0 aromatic carbocycles. The Hall–Kier alpha value is -1.69. The van der Waals surface area contributed by atoms with Gasteiger partial charge in [0.25, 0.3) is 5.97 Å². The van der Waals surface area contributed by atoms with E-state index in [0.717, 1.165) is 32.1 Å². The SMILES string of the molecule is CC/C=C\C[C@@H](C#C/C=C\C#CC(C/C=C\C/C=C\CCC12OCC(C)(CO1)CO2)O[Si](C)(C)C(C)(C)C)O[Si](C)(C)C(C)(C)C. The van der Waals surface area contributed by atoms with Crippen LogP contribution in [0.3, 0.4) is 0 Å². The van der Waals surface area contributed by atoms with Gasteiger partial charge in [0.2, 0.25) is 0 Å². The molecular weight excluding hydrogens is 605 g/mol. The molecule has 0 amide bonds. The molecule has 2 bridgehead atoms. The quantitative estimate of drug-likeness (QED) is 0.105. The lowest BCUT2D eigenvalue weighted by molar-refractivity contribution is -0.467. The predicted octanol–water partition coefficient (Wildman–Crippen LogP) is 10.1. The van der Waals surface area contributed by atoms with E-state index in [2.05, 4.69) is 142 Å². The van der Waals surface area contributed by atoms with Gasteiger partial charge in [-0.25, -0.2) is 0 Å². The van der Waals surface area contributed by atoms with Crippen LogP contribution >= 0.6 is 0 Å².